The number of hydrogen-bond donors (Lipinski definition) is 2. The van der Waals surface area contributed by atoms with Crippen LogP contribution >= 0.6 is 0 Å². The van der Waals surface area contributed by atoms with Crippen molar-refractivity contribution in [3.05, 3.63) is 36.5 Å². The molecule has 2 amide bonds. The van der Waals surface area contributed by atoms with Gasteiger partial charge in [0.05, 0.1) is 5.92 Å². The summed E-state index contributed by atoms with van der Waals surface area (Å²) in [4.78, 5) is 30.5. The zero-order valence-corrected chi connectivity index (χ0v) is 15.5. The fourth-order valence-corrected chi connectivity index (χ4v) is 4.05. The number of fused-ring (bicyclic) bond motifs is 1. The Labute approximate surface area is 159 Å². The maximum Gasteiger partial charge on any atom is 0.224 e. The SMILES string of the molecule is O=C1CCC(C(=O)NCC2CCN(c3nccc4ccccc34)CC2)CN1. The summed E-state index contributed by atoms with van der Waals surface area (Å²) in [6.07, 6.45) is 5.09. The zero-order valence-electron chi connectivity index (χ0n) is 15.5. The molecule has 2 aromatic rings. The maximum absolute atomic E-state index is 12.3. The van der Waals surface area contributed by atoms with Crippen molar-refractivity contribution >= 4 is 28.4 Å². The number of benzene rings is 1. The van der Waals surface area contributed by atoms with Crippen LogP contribution in [0.15, 0.2) is 36.5 Å². The number of hydrogen-bond acceptors (Lipinski definition) is 4. The number of aromatic nitrogens is 1. The van der Waals surface area contributed by atoms with E-state index < -0.39 is 0 Å². The number of pyridine rings is 1. The van der Waals surface area contributed by atoms with Crippen LogP contribution in [0.2, 0.25) is 0 Å². The molecule has 0 spiro atoms. The fraction of sp³-hybridized carbons (Fsp3) is 0.476. The molecule has 6 nitrogen and oxygen atoms in total. The smallest absolute Gasteiger partial charge is 0.224 e. The number of rotatable bonds is 4. The minimum absolute atomic E-state index is 0.0495. The highest BCUT2D eigenvalue weighted by molar-refractivity contribution is 5.92. The standard InChI is InChI=1S/C21H26N4O2/c26-19-6-5-17(14-23-19)21(27)24-13-15-8-11-25(12-9-15)20-18-4-2-1-3-16(18)7-10-22-20/h1-4,7,10,15,17H,5-6,8-9,11-14H2,(H,23,26)(H,24,27). The minimum Gasteiger partial charge on any atom is -0.356 e. The lowest BCUT2D eigenvalue weighted by molar-refractivity contribution is -0.129. The van der Waals surface area contributed by atoms with Crippen molar-refractivity contribution in [1.29, 1.82) is 0 Å². The molecule has 2 fully saturated rings. The number of nitrogens with zero attached hydrogens (tertiary/aromatic N) is 2. The first kappa shape index (κ1) is 17.8. The Morgan fingerprint density at radius 3 is 2.78 bits per heavy atom. The van der Waals surface area contributed by atoms with Gasteiger partial charge in [-0.2, -0.15) is 0 Å². The minimum atomic E-state index is -0.0809. The zero-order chi connectivity index (χ0) is 18.6. The van der Waals surface area contributed by atoms with Crippen molar-refractivity contribution in [3.8, 4) is 0 Å². The summed E-state index contributed by atoms with van der Waals surface area (Å²) >= 11 is 0. The molecule has 2 aliphatic heterocycles. The topological polar surface area (TPSA) is 74.3 Å². The van der Waals surface area contributed by atoms with Crippen LogP contribution in [-0.2, 0) is 9.59 Å². The van der Waals surface area contributed by atoms with Gasteiger partial charge in [0.2, 0.25) is 11.8 Å². The van der Waals surface area contributed by atoms with E-state index in [-0.39, 0.29) is 17.7 Å². The highest BCUT2D eigenvalue weighted by Crippen LogP contribution is 2.28. The van der Waals surface area contributed by atoms with Crippen LogP contribution in [0.5, 0.6) is 0 Å². The fourth-order valence-electron chi connectivity index (χ4n) is 4.05. The summed E-state index contributed by atoms with van der Waals surface area (Å²) in [5.74, 6) is 1.61. The number of piperidine rings is 2. The van der Waals surface area contributed by atoms with Crippen LogP contribution in [0.3, 0.4) is 0 Å². The molecule has 2 aliphatic rings. The molecule has 142 valence electrons. The maximum atomic E-state index is 12.3. The first-order valence-electron chi connectivity index (χ1n) is 9.84. The third-order valence-electron chi connectivity index (χ3n) is 5.77. The van der Waals surface area contributed by atoms with E-state index in [0.29, 0.717) is 25.3 Å². The molecule has 27 heavy (non-hydrogen) atoms. The van der Waals surface area contributed by atoms with E-state index >= 15 is 0 Å². The van der Waals surface area contributed by atoms with Crippen molar-refractivity contribution in [2.75, 3.05) is 31.1 Å². The van der Waals surface area contributed by atoms with E-state index in [2.05, 4.69) is 50.8 Å². The summed E-state index contributed by atoms with van der Waals surface area (Å²) in [5.41, 5.74) is 0. The lowest BCUT2D eigenvalue weighted by Gasteiger charge is -2.33. The monoisotopic (exact) mass is 366 g/mol. The first-order valence-corrected chi connectivity index (χ1v) is 9.84. The predicted octanol–water partition coefficient (Wildman–Crippen LogP) is 2.09. The van der Waals surface area contributed by atoms with E-state index in [9.17, 15) is 9.59 Å². The molecule has 6 heteroatoms. The van der Waals surface area contributed by atoms with Crippen molar-refractivity contribution < 1.29 is 9.59 Å². The van der Waals surface area contributed by atoms with Crippen LogP contribution < -0.4 is 15.5 Å². The molecule has 2 N–H and O–H groups in total. The molecule has 4 rings (SSSR count). The van der Waals surface area contributed by atoms with E-state index in [1.165, 1.54) is 10.8 Å². The normalized spacial score (nSPS) is 21.1. The highest BCUT2D eigenvalue weighted by atomic mass is 16.2. The summed E-state index contributed by atoms with van der Waals surface area (Å²) in [7, 11) is 0. The van der Waals surface area contributed by atoms with Gasteiger partial charge in [0.25, 0.3) is 0 Å². The third-order valence-corrected chi connectivity index (χ3v) is 5.77. The van der Waals surface area contributed by atoms with Crippen LogP contribution in [0, 0.1) is 11.8 Å². The Kier molecular flexibility index (Phi) is 5.23. The van der Waals surface area contributed by atoms with Gasteiger partial charge in [-0.15, -0.1) is 0 Å². The van der Waals surface area contributed by atoms with Gasteiger partial charge in [-0.1, -0.05) is 24.3 Å². The first-order chi connectivity index (χ1) is 13.2. The van der Waals surface area contributed by atoms with Gasteiger partial charge >= 0.3 is 0 Å². The summed E-state index contributed by atoms with van der Waals surface area (Å²) < 4.78 is 0. The van der Waals surface area contributed by atoms with E-state index in [0.717, 1.165) is 38.3 Å². The average Bonchev–Trinajstić information content (AvgIpc) is 2.72. The van der Waals surface area contributed by atoms with Crippen molar-refractivity contribution in [2.45, 2.75) is 25.7 Å². The molecule has 0 radical (unpaired) electrons. The van der Waals surface area contributed by atoms with Gasteiger partial charge in [-0.25, -0.2) is 4.98 Å². The van der Waals surface area contributed by atoms with E-state index in [4.69, 9.17) is 0 Å². The highest BCUT2D eigenvalue weighted by Gasteiger charge is 2.26. The Morgan fingerprint density at radius 2 is 2.00 bits per heavy atom. The molecule has 1 aromatic carbocycles. The molecule has 1 unspecified atom stereocenters. The van der Waals surface area contributed by atoms with Crippen molar-refractivity contribution in [2.24, 2.45) is 11.8 Å². The summed E-state index contributed by atoms with van der Waals surface area (Å²) in [5, 5.41) is 8.29. The van der Waals surface area contributed by atoms with E-state index in [1.807, 2.05) is 6.20 Å². The van der Waals surface area contributed by atoms with Crippen LogP contribution in [-0.4, -0.2) is 43.0 Å². The lowest BCUT2D eigenvalue weighted by Crippen LogP contribution is -2.45. The summed E-state index contributed by atoms with van der Waals surface area (Å²) in [6.45, 7) is 3.11. The van der Waals surface area contributed by atoms with Gasteiger partial charge in [0.1, 0.15) is 5.82 Å². The Hall–Kier alpha value is -2.63. The molecule has 2 saturated heterocycles. The van der Waals surface area contributed by atoms with Gasteiger partial charge in [0.15, 0.2) is 0 Å². The van der Waals surface area contributed by atoms with Crippen molar-refractivity contribution in [3.63, 3.8) is 0 Å². The number of carbonyl (C=O) groups excluding carboxylic acids is 2. The van der Waals surface area contributed by atoms with Crippen LogP contribution in [0.25, 0.3) is 10.8 Å². The van der Waals surface area contributed by atoms with Gasteiger partial charge < -0.3 is 15.5 Å². The molecule has 0 aliphatic carbocycles. The van der Waals surface area contributed by atoms with Crippen LogP contribution in [0.4, 0.5) is 5.82 Å². The van der Waals surface area contributed by atoms with Gasteiger partial charge in [-0.3, -0.25) is 9.59 Å². The van der Waals surface area contributed by atoms with E-state index in [1.54, 1.807) is 0 Å². The van der Waals surface area contributed by atoms with Crippen molar-refractivity contribution in [1.82, 2.24) is 15.6 Å². The second kappa shape index (κ2) is 7.94. The number of nitrogens with one attached hydrogen (secondary N) is 2. The van der Waals surface area contributed by atoms with Gasteiger partial charge in [0, 0.05) is 44.2 Å². The molecular formula is C21H26N4O2. The Balaban J connectivity index is 1.29. The second-order valence-electron chi connectivity index (χ2n) is 7.57. The molecule has 1 aromatic heterocycles. The molecule has 0 bridgehead atoms. The second-order valence-corrected chi connectivity index (χ2v) is 7.57. The molecule has 3 heterocycles. The third kappa shape index (κ3) is 4.04. The number of anilines is 1. The largest absolute Gasteiger partial charge is 0.356 e. The predicted molar refractivity (Wildman–Crippen MR) is 105 cm³/mol. The number of amides is 2. The van der Waals surface area contributed by atoms with Gasteiger partial charge in [-0.05, 0) is 36.6 Å². The molecule has 0 saturated carbocycles. The average molecular weight is 366 g/mol. The summed E-state index contributed by atoms with van der Waals surface area (Å²) in [6, 6.07) is 10.4. The Bertz CT molecular complexity index is 815. The number of carbonyl (C=O) groups is 2. The van der Waals surface area contributed by atoms with Crippen LogP contribution in [0.1, 0.15) is 25.7 Å². The molecule has 1 atom stereocenters. The molecular weight excluding hydrogens is 340 g/mol. The Morgan fingerprint density at radius 1 is 1.19 bits per heavy atom. The quantitative estimate of drug-likeness (QED) is 0.869. The lowest BCUT2D eigenvalue weighted by atomic mass is 9.95.